The van der Waals surface area contributed by atoms with Gasteiger partial charge in [-0.05, 0) is 42.2 Å². The smallest absolute Gasteiger partial charge is 0.384 e. The molecule has 1 amide bonds. The molecule has 5 rings (SSSR count). The quantitative estimate of drug-likeness (QED) is 0.616. The van der Waals surface area contributed by atoms with Gasteiger partial charge in [0.15, 0.2) is 5.78 Å². The average molecular weight is 478 g/mol. The fourth-order valence-corrected chi connectivity index (χ4v) is 5.47. The Kier molecular flexibility index (Phi) is 4.69. The predicted octanol–water partition coefficient (Wildman–Crippen LogP) is 4.75. The van der Waals surface area contributed by atoms with Crippen molar-refractivity contribution in [3.8, 4) is 6.07 Å². The minimum atomic E-state index is -4.53. The molecule has 9 heteroatoms. The summed E-state index contributed by atoms with van der Waals surface area (Å²) < 4.78 is 39.5. The molecule has 0 radical (unpaired) electrons. The van der Waals surface area contributed by atoms with Gasteiger partial charge in [-0.15, -0.1) is 0 Å². The average Bonchev–Trinajstić information content (AvgIpc) is 3.05. The summed E-state index contributed by atoms with van der Waals surface area (Å²) in [6.45, 7) is 3.79. The zero-order valence-corrected chi connectivity index (χ0v) is 19.0. The maximum Gasteiger partial charge on any atom is 0.416 e. The molecule has 3 N–H and O–H groups in total. The minimum absolute atomic E-state index is 0.0941. The van der Waals surface area contributed by atoms with E-state index in [1.165, 1.54) is 17.0 Å². The number of nitrogens with one attached hydrogen (secondary N) is 1. The lowest BCUT2D eigenvalue weighted by molar-refractivity contribution is -0.137. The van der Waals surface area contributed by atoms with E-state index in [1.54, 1.807) is 24.3 Å². The van der Waals surface area contributed by atoms with Crippen LogP contribution in [0.4, 0.5) is 24.5 Å². The largest absolute Gasteiger partial charge is 0.416 e. The highest BCUT2D eigenvalue weighted by atomic mass is 19.4. The first-order chi connectivity index (χ1) is 16.4. The lowest BCUT2D eigenvalue weighted by Gasteiger charge is -2.46. The molecule has 1 spiro atoms. The van der Waals surface area contributed by atoms with Crippen LogP contribution in [0.1, 0.15) is 37.8 Å². The van der Waals surface area contributed by atoms with Crippen molar-refractivity contribution in [1.29, 1.82) is 5.26 Å². The Morgan fingerprint density at radius 1 is 1.06 bits per heavy atom. The van der Waals surface area contributed by atoms with E-state index in [9.17, 15) is 28.0 Å². The molecule has 1 atom stereocenters. The summed E-state index contributed by atoms with van der Waals surface area (Å²) in [6.07, 6.45) is -4.06. The number of anilines is 2. The van der Waals surface area contributed by atoms with Gasteiger partial charge >= 0.3 is 6.18 Å². The number of carbonyl (C=O) groups is 2. The Labute approximate surface area is 199 Å². The third-order valence-electron chi connectivity index (χ3n) is 6.85. The number of hydrogen-bond acceptors (Lipinski definition) is 5. The molecule has 178 valence electrons. The van der Waals surface area contributed by atoms with Crippen LogP contribution >= 0.6 is 0 Å². The zero-order valence-electron chi connectivity index (χ0n) is 19.0. The van der Waals surface area contributed by atoms with Gasteiger partial charge in [0.1, 0.15) is 17.3 Å². The number of nitriles is 1. The van der Waals surface area contributed by atoms with Crippen molar-refractivity contribution in [1.82, 2.24) is 0 Å². The van der Waals surface area contributed by atoms with E-state index < -0.39 is 28.5 Å². The summed E-state index contributed by atoms with van der Waals surface area (Å²) in [7, 11) is 0. The van der Waals surface area contributed by atoms with Crippen molar-refractivity contribution in [3.05, 3.63) is 82.3 Å². The fourth-order valence-electron chi connectivity index (χ4n) is 5.47. The molecule has 35 heavy (non-hydrogen) atoms. The SMILES string of the molecule is CC1(C)CC(=O)C2=C(C1)N(c1ccc(C(F)(F)F)cc1)C(N)=C(C#N)[C@]21C(=O)Nc2ccccc21. The molecule has 0 bridgehead atoms. The second-order valence-corrected chi connectivity index (χ2v) is 9.76. The van der Waals surface area contributed by atoms with Crippen molar-refractivity contribution in [2.75, 3.05) is 10.2 Å². The summed E-state index contributed by atoms with van der Waals surface area (Å²) >= 11 is 0. The van der Waals surface area contributed by atoms with Crippen molar-refractivity contribution >= 4 is 23.1 Å². The Morgan fingerprint density at radius 2 is 1.71 bits per heavy atom. The first kappa shape index (κ1) is 22.7. The number of para-hydroxylation sites is 1. The van der Waals surface area contributed by atoms with E-state index in [2.05, 4.69) is 11.4 Å². The number of alkyl halides is 3. The van der Waals surface area contributed by atoms with Crippen LogP contribution in [0.15, 0.2) is 71.2 Å². The van der Waals surface area contributed by atoms with E-state index in [0.717, 1.165) is 12.1 Å². The molecule has 0 fully saturated rings. The summed E-state index contributed by atoms with van der Waals surface area (Å²) in [5.74, 6) is -0.950. The Morgan fingerprint density at radius 3 is 2.34 bits per heavy atom. The number of nitrogens with two attached hydrogens (primary N) is 1. The molecule has 0 saturated carbocycles. The number of allylic oxidation sites excluding steroid dienone is 1. The number of halogens is 3. The summed E-state index contributed by atoms with van der Waals surface area (Å²) in [6, 6.07) is 13.2. The maximum absolute atomic E-state index is 13.7. The number of Topliss-reactive ketones (excluding diaryl/α,β-unsaturated/α-hetero) is 1. The molecule has 1 aliphatic carbocycles. The highest BCUT2D eigenvalue weighted by Gasteiger charge is 2.61. The Bertz CT molecular complexity index is 1400. The maximum atomic E-state index is 13.7. The first-order valence-electron chi connectivity index (χ1n) is 11.0. The molecule has 2 heterocycles. The number of hydrogen-bond donors (Lipinski definition) is 2. The van der Waals surface area contributed by atoms with Crippen LogP contribution in [-0.2, 0) is 21.2 Å². The lowest BCUT2D eigenvalue weighted by atomic mass is 9.61. The van der Waals surface area contributed by atoms with Crippen molar-refractivity contribution in [2.24, 2.45) is 11.1 Å². The van der Waals surface area contributed by atoms with E-state index in [0.29, 0.717) is 23.4 Å². The van der Waals surface area contributed by atoms with Gasteiger partial charge in [0.25, 0.3) is 0 Å². The van der Waals surface area contributed by atoms with Gasteiger partial charge in [-0.25, -0.2) is 0 Å². The molecular formula is C26H21F3N4O2. The van der Waals surface area contributed by atoms with Crippen molar-refractivity contribution in [3.63, 3.8) is 0 Å². The molecule has 0 saturated heterocycles. The Balaban J connectivity index is 1.83. The minimum Gasteiger partial charge on any atom is -0.384 e. The third-order valence-corrected chi connectivity index (χ3v) is 6.85. The van der Waals surface area contributed by atoms with Crippen LogP contribution < -0.4 is 16.0 Å². The van der Waals surface area contributed by atoms with E-state index in [-0.39, 0.29) is 34.9 Å². The number of benzene rings is 2. The standard InChI is InChI=1S/C26H21F3N4O2/c1-24(2)11-19-21(20(34)12-24)25(16-5-3-4-6-18(16)32-23(25)35)17(13-30)22(31)33(19)15-9-7-14(8-10-15)26(27,28)29/h3-10H,11-12,31H2,1-2H3,(H,32,35)/t25-/m0/s1. The van der Waals surface area contributed by atoms with Gasteiger partial charge < -0.3 is 11.1 Å². The molecule has 6 nitrogen and oxygen atoms in total. The van der Waals surface area contributed by atoms with Gasteiger partial charge in [-0.3, -0.25) is 14.5 Å². The van der Waals surface area contributed by atoms with Crippen LogP contribution in [0.5, 0.6) is 0 Å². The lowest BCUT2D eigenvalue weighted by Crippen LogP contribution is -2.52. The topological polar surface area (TPSA) is 99.2 Å². The highest BCUT2D eigenvalue weighted by molar-refractivity contribution is 6.20. The number of fused-ring (bicyclic) bond motifs is 3. The molecule has 3 aliphatic rings. The molecule has 2 aliphatic heterocycles. The van der Waals surface area contributed by atoms with Gasteiger partial charge in [0.2, 0.25) is 5.91 Å². The third kappa shape index (κ3) is 3.09. The summed E-state index contributed by atoms with van der Waals surface area (Å²) in [4.78, 5) is 28.8. The van der Waals surface area contributed by atoms with Crippen molar-refractivity contribution in [2.45, 2.75) is 38.3 Å². The fraction of sp³-hybridized carbons (Fsp3) is 0.269. The molecule has 2 aromatic carbocycles. The van der Waals surface area contributed by atoms with Gasteiger partial charge in [0.05, 0.1) is 11.1 Å². The second-order valence-electron chi connectivity index (χ2n) is 9.76. The first-order valence-corrected chi connectivity index (χ1v) is 11.0. The number of nitrogens with zero attached hydrogens (tertiary/aromatic N) is 2. The van der Waals surface area contributed by atoms with E-state index >= 15 is 0 Å². The zero-order chi connectivity index (χ0) is 25.3. The van der Waals surface area contributed by atoms with Crippen molar-refractivity contribution < 1.29 is 22.8 Å². The normalized spacial score (nSPS) is 23.3. The van der Waals surface area contributed by atoms with Crippen LogP contribution in [0.2, 0.25) is 0 Å². The van der Waals surface area contributed by atoms with E-state index in [4.69, 9.17) is 5.73 Å². The Hall–Kier alpha value is -4.06. The molecular weight excluding hydrogens is 457 g/mol. The van der Waals surface area contributed by atoms with Gasteiger partial charge in [-0.2, -0.15) is 18.4 Å². The van der Waals surface area contributed by atoms with Crippen LogP contribution in [0.25, 0.3) is 0 Å². The van der Waals surface area contributed by atoms with E-state index in [1.807, 2.05) is 13.8 Å². The summed E-state index contributed by atoms with van der Waals surface area (Å²) in [5.41, 5.74) is 5.10. The van der Waals surface area contributed by atoms with Crippen LogP contribution in [-0.4, -0.2) is 11.7 Å². The summed E-state index contributed by atoms with van der Waals surface area (Å²) in [5, 5.41) is 13.0. The van der Waals surface area contributed by atoms with Crippen LogP contribution in [0.3, 0.4) is 0 Å². The number of ketones is 1. The molecule has 0 unspecified atom stereocenters. The number of amides is 1. The predicted molar refractivity (Wildman–Crippen MR) is 123 cm³/mol. The number of carbonyl (C=O) groups excluding carboxylic acids is 2. The number of rotatable bonds is 1. The molecule has 0 aromatic heterocycles. The second kappa shape index (κ2) is 7.22. The van der Waals surface area contributed by atoms with Crippen LogP contribution in [0, 0.1) is 16.7 Å². The van der Waals surface area contributed by atoms with Gasteiger partial charge in [0, 0.05) is 34.6 Å². The monoisotopic (exact) mass is 478 g/mol. The van der Waals surface area contributed by atoms with Gasteiger partial charge in [-0.1, -0.05) is 32.0 Å². The molecule has 2 aromatic rings. The highest BCUT2D eigenvalue weighted by Crippen LogP contribution is 2.57.